The smallest absolute Gasteiger partial charge is 0.280 e. The Morgan fingerprint density at radius 1 is 0.800 bits per heavy atom. The van der Waals surface area contributed by atoms with E-state index in [9.17, 15) is 19.2 Å². The van der Waals surface area contributed by atoms with Gasteiger partial charge < -0.3 is 21.3 Å². The van der Waals surface area contributed by atoms with Crippen molar-refractivity contribution < 1.29 is 19.2 Å². The topological polar surface area (TPSA) is 116 Å². The maximum atomic E-state index is 11.2. The molecule has 4 N–H and O–H groups in total. The monoisotopic (exact) mass is 398 g/mol. The first kappa shape index (κ1) is 18.6. The lowest BCUT2D eigenvalue weighted by molar-refractivity contribution is -0.123. The number of halogens is 1. The third-order valence-electron chi connectivity index (χ3n) is 2.29. The van der Waals surface area contributed by atoms with Crippen LogP contribution in [0.25, 0.3) is 0 Å². The molecule has 0 aromatic rings. The number of hydrogen-bond acceptors (Lipinski definition) is 4. The highest BCUT2D eigenvalue weighted by molar-refractivity contribution is 14.1. The Morgan fingerprint density at radius 3 is 1.50 bits per heavy atom. The second-order valence-electron chi connectivity index (χ2n) is 4.21. The Kier molecular flexibility index (Phi) is 8.84. The summed E-state index contributed by atoms with van der Waals surface area (Å²) in [7, 11) is 0. The summed E-state index contributed by atoms with van der Waals surface area (Å²) >= 11 is 1.57. The van der Waals surface area contributed by atoms with Gasteiger partial charge in [-0.3, -0.25) is 19.2 Å². The minimum absolute atomic E-state index is 0.145. The zero-order valence-corrected chi connectivity index (χ0v) is 13.7. The largest absolute Gasteiger partial charge is 0.354 e. The van der Waals surface area contributed by atoms with Crippen LogP contribution in [0.5, 0.6) is 0 Å². The van der Waals surface area contributed by atoms with E-state index in [0.717, 1.165) is 0 Å². The van der Waals surface area contributed by atoms with Crippen LogP contribution in [-0.2, 0) is 14.4 Å². The van der Waals surface area contributed by atoms with Crippen LogP contribution in [-0.4, -0.2) is 46.8 Å². The molecule has 2 unspecified atom stereocenters. The first-order chi connectivity index (χ1) is 9.22. The van der Waals surface area contributed by atoms with E-state index in [2.05, 4.69) is 21.3 Å². The molecule has 0 bridgehead atoms. The van der Waals surface area contributed by atoms with Gasteiger partial charge in [0.15, 0.2) is 0 Å². The molecule has 0 aliphatic carbocycles. The number of carbonyl (C=O) groups excluding carboxylic acids is 4. The molecule has 0 aliphatic rings. The predicted octanol–water partition coefficient (Wildman–Crippen LogP) is -0.723. The minimum Gasteiger partial charge on any atom is -0.354 e. The fraction of sp³-hybridized carbons (Fsp3) is 0.636. The summed E-state index contributed by atoms with van der Waals surface area (Å²) in [5.74, 6) is -0.841. The Bertz CT molecular complexity index is 353. The normalized spacial score (nSPS) is 12.8. The molecule has 0 spiro atoms. The zero-order chi connectivity index (χ0) is 15.7. The summed E-state index contributed by atoms with van der Waals surface area (Å²) in [5.41, 5.74) is 0. The molecule has 0 saturated carbocycles. The van der Waals surface area contributed by atoms with Crippen molar-refractivity contribution in [2.45, 2.75) is 32.9 Å². The zero-order valence-electron chi connectivity index (χ0n) is 11.6. The summed E-state index contributed by atoms with van der Waals surface area (Å²) in [5, 5.41) is 10.4. The van der Waals surface area contributed by atoms with Gasteiger partial charge in [0.2, 0.25) is 17.7 Å². The van der Waals surface area contributed by atoms with Crippen molar-refractivity contribution in [1.29, 1.82) is 0 Å². The third kappa shape index (κ3) is 9.53. The van der Waals surface area contributed by atoms with Crippen molar-refractivity contribution in [1.82, 2.24) is 21.3 Å². The van der Waals surface area contributed by atoms with Crippen LogP contribution in [0.2, 0.25) is 0 Å². The molecular weight excluding hydrogens is 379 g/mol. The van der Waals surface area contributed by atoms with Gasteiger partial charge in [-0.25, -0.2) is 0 Å². The lowest BCUT2D eigenvalue weighted by Crippen LogP contribution is -2.59. The second kappa shape index (κ2) is 9.50. The van der Waals surface area contributed by atoms with E-state index in [-0.39, 0.29) is 34.7 Å². The lowest BCUT2D eigenvalue weighted by atomic mass is 10.1. The minimum atomic E-state index is -0.526. The quantitative estimate of drug-likeness (QED) is 0.257. The molecule has 0 radical (unpaired) electrons. The van der Waals surface area contributed by atoms with E-state index >= 15 is 0 Å². The molecule has 4 amide bonds. The Balaban J connectivity index is 4.83. The van der Waals surface area contributed by atoms with Crippen molar-refractivity contribution in [2.75, 3.05) is 13.1 Å². The standard InChI is InChI=1S/C11H19IN4O4/c1-6(17)13-4-9(15-7(2)18)10(16-8(3)19)5-14-11(12)20/h9-10H,4-5H2,1-3H3,(H,13,17)(H,14,20)(H,15,18)(H,16,19). The second-order valence-corrected chi connectivity index (χ2v) is 5.19. The van der Waals surface area contributed by atoms with Crippen LogP contribution >= 0.6 is 22.6 Å². The Morgan fingerprint density at radius 2 is 1.20 bits per heavy atom. The fourth-order valence-corrected chi connectivity index (χ4v) is 1.77. The van der Waals surface area contributed by atoms with Crippen LogP contribution in [0.1, 0.15) is 20.8 Å². The highest BCUT2D eigenvalue weighted by Gasteiger charge is 2.23. The van der Waals surface area contributed by atoms with Crippen molar-refractivity contribution in [2.24, 2.45) is 0 Å². The molecule has 2 atom stereocenters. The van der Waals surface area contributed by atoms with Gasteiger partial charge in [-0.2, -0.15) is 0 Å². The van der Waals surface area contributed by atoms with Crippen LogP contribution in [0.3, 0.4) is 0 Å². The van der Waals surface area contributed by atoms with Gasteiger partial charge in [0.1, 0.15) is 0 Å². The number of hydrogen-bond donors (Lipinski definition) is 4. The number of carbonyl (C=O) groups is 4. The molecule has 9 heteroatoms. The van der Waals surface area contributed by atoms with Crippen molar-refractivity contribution in [3.05, 3.63) is 0 Å². The summed E-state index contributed by atoms with van der Waals surface area (Å²) in [6.07, 6.45) is 0. The lowest BCUT2D eigenvalue weighted by Gasteiger charge is -2.28. The Hall–Kier alpha value is -1.39. The van der Waals surface area contributed by atoms with Gasteiger partial charge in [-0.1, -0.05) is 0 Å². The van der Waals surface area contributed by atoms with Crippen molar-refractivity contribution >= 4 is 44.2 Å². The maximum Gasteiger partial charge on any atom is 0.280 e. The molecule has 0 saturated heterocycles. The van der Waals surface area contributed by atoms with E-state index in [0.29, 0.717) is 0 Å². The van der Waals surface area contributed by atoms with Crippen molar-refractivity contribution in [3.8, 4) is 0 Å². The molecule has 0 fully saturated rings. The van der Waals surface area contributed by atoms with Crippen molar-refractivity contribution in [3.63, 3.8) is 0 Å². The first-order valence-electron chi connectivity index (χ1n) is 5.94. The number of amides is 4. The summed E-state index contributed by atoms with van der Waals surface area (Å²) < 4.78 is -0.279. The molecule has 0 heterocycles. The molecule has 0 rings (SSSR count). The SMILES string of the molecule is CC(=O)NCC(NC(C)=O)C(CNC(=O)I)NC(C)=O. The summed E-state index contributed by atoms with van der Waals surface area (Å²) in [6.45, 7) is 4.32. The van der Waals surface area contributed by atoms with Gasteiger partial charge in [0, 0.05) is 56.5 Å². The average Bonchev–Trinajstić information content (AvgIpc) is 2.28. The molecular formula is C11H19IN4O4. The van der Waals surface area contributed by atoms with E-state index in [1.165, 1.54) is 20.8 Å². The maximum absolute atomic E-state index is 11.2. The third-order valence-corrected chi connectivity index (χ3v) is 2.68. The van der Waals surface area contributed by atoms with Gasteiger partial charge in [-0.15, -0.1) is 0 Å². The number of rotatable bonds is 7. The average molecular weight is 398 g/mol. The highest BCUT2D eigenvalue weighted by Crippen LogP contribution is 1.95. The first-order valence-corrected chi connectivity index (χ1v) is 7.02. The summed E-state index contributed by atoms with van der Waals surface area (Å²) in [4.78, 5) is 44.3. The van der Waals surface area contributed by atoms with E-state index in [4.69, 9.17) is 0 Å². The highest BCUT2D eigenvalue weighted by atomic mass is 127. The summed E-state index contributed by atoms with van der Waals surface area (Å²) in [6, 6.07) is -1.05. The van der Waals surface area contributed by atoms with E-state index in [1.807, 2.05) is 0 Å². The molecule has 0 aromatic heterocycles. The number of nitrogens with one attached hydrogen (secondary N) is 4. The van der Waals surface area contributed by atoms with Crippen LogP contribution in [0.15, 0.2) is 0 Å². The van der Waals surface area contributed by atoms with Gasteiger partial charge in [0.05, 0.1) is 12.1 Å². The van der Waals surface area contributed by atoms with Gasteiger partial charge in [0.25, 0.3) is 3.91 Å². The van der Waals surface area contributed by atoms with Crippen LogP contribution < -0.4 is 21.3 Å². The predicted molar refractivity (Wildman–Crippen MR) is 81.3 cm³/mol. The van der Waals surface area contributed by atoms with Crippen LogP contribution in [0, 0.1) is 0 Å². The Labute approximate surface area is 130 Å². The molecule has 0 aliphatic heterocycles. The molecule has 20 heavy (non-hydrogen) atoms. The van der Waals surface area contributed by atoms with Gasteiger partial charge >= 0.3 is 0 Å². The molecule has 0 aromatic carbocycles. The molecule has 114 valence electrons. The van der Waals surface area contributed by atoms with Crippen LogP contribution in [0.4, 0.5) is 4.79 Å². The van der Waals surface area contributed by atoms with Gasteiger partial charge in [-0.05, 0) is 0 Å². The van der Waals surface area contributed by atoms with E-state index < -0.39 is 12.1 Å². The molecule has 8 nitrogen and oxygen atoms in total. The fourth-order valence-electron chi connectivity index (χ4n) is 1.55. The van der Waals surface area contributed by atoms with E-state index in [1.54, 1.807) is 22.6 Å².